The molecule has 1 aliphatic carbocycles. The third-order valence-electron chi connectivity index (χ3n) is 8.26. The number of hydrogen-bond acceptors (Lipinski definition) is 5. The molecule has 0 aromatic heterocycles. The summed E-state index contributed by atoms with van der Waals surface area (Å²) < 4.78 is 12.0. The molecule has 2 aromatic carbocycles. The molecule has 2 fully saturated rings. The Balaban J connectivity index is 1.64. The van der Waals surface area contributed by atoms with Crippen molar-refractivity contribution >= 4 is 12.0 Å². The molecule has 6 nitrogen and oxygen atoms in total. The summed E-state index contributed by atoms with van der Waals surface area (Å²) in [4.78, 5) is 17.5. The Bertz CT molecular complexity index is 1120. The van der Waals surface area contributed by atoms with Crippen LogP contribution in [-0.4, -0.2) is 73.4 Å². The highest BCUT2D eigenvalue weighted by atomic mass is 16.5. The highest BCUT2D eigenvalue weighted by Crippen LogP contribution is 2.54. The molecule has 1 aliphatic heterocycles. The molecule has 1 saturated carbocycles. The maximum absolute atomic E-state index is 13.2. The number of aromatic hydroxyl groups is 1. The van der Waals surface area contributed by atoms with E-state index in [1.165, 1.54) is 5.56 Å². The van der Waals surface area contributed by atoms with Crippen molar-refractivity contribution in [3.63, 3.8) is 0 Å². The van der Waals surface area contributed by atoms with Crippen LogP contribution in [-0.2, 0) is 14.9 Å². The number of benzene rings is 2. The van der Waals surface area contributed by atoms with Gasteiger partial charge in [0.1, 0.15) is 11.5 Å². The Morgan fingerprint density at radius 2 is 2.03 bits per heavy atom. The number of methoxy groups -OCH3 is 2. The number of nitrogens with zero attached hydrogens (tertiary/aromatic N) is 2. The first-order valence-electron chi connectivity index (χ1n) is 12.6. The molecule has 0 unspecified atom stereocenters. The van der Waals surface area contributed by atoms with Gasteiger partial charge in [0.15, 0.2) is 0 Å². The average Bonchev–Trinajstić information content (AvgIpc) is 2.91. The maximum Gasteiger partial charge on any atom is 0.246 e. The number of phenolic OH excluding ortho intramolecular Hbond substituents is 1. The summed E-state index contributed by atoms with van der Waals surface area (Å²) in [7, 11) is 5.42. The van der Waals surface area contributed by atoms with Crippen LogP contribution < -0.4 is 4.74 Å². The number of piperidine rings is 1. The standard InChI is InChI=1S/C30H38N2O4/c1-5-17-32-18-16-29(24-9-7-11-27(20-24)35-3)21-25(14-15-30(29,22-32)36-4)31(2)28(34)13-12-23-8-6-10-26(33)19-23/h5-13,19-20,25,33H,1,14-18,21-22H2,2-4H3/t25-,29+,30+/m1/s1. The molecule has 1 N–H and O–H groups in total. The lowest BCUT2D eigenvalue weighted by atomic mass is 9.55. The number of phenols is 1. The molecule has 0 spiro atoms. The lowest BCUT2D eigenvalue weighted by Crippen LogP contribution is -2.68. The Morgan fingerprint density at radius 1 is 1.22 bits per heavy atom. The second-order valence-electron chi connectivity index (χ2n) is 10.1. The molecule has 0 radical (unpaired) electrons. The molecule has 3 atom stereocenters. The molecular weight excluding hydrogens is 452 g/mol. The zero-order chi connectivity index (χ0) is 25.8. The molecule has 1 amide bonds. The van der Waals surface area contributed by atoms with Gasteiger partial charge in [-0.1, -0.05) is 30.3 Å². The molecule has 192 valence electrons. The maximum atomic E-state index is 13.2. The van der Waals surface area contributed by atoms with Gasteiger partial charge in [-0.2, -0.15) is 0 Å². The van der Waals surface area contributed by atoms with E-state index in [0.29, 0.717) is 0 Å². The number of carbonyl (C=O) groups excluding carboxylic acids is 1. The molecule has 1 saturated heterocycles. The quantitative estimate of drug-likeness (QED) is 0.432. The van der Waals surface area contributed by atoms with Crippen LogP contribution in [0.4, 0.5) is 0 Å². The predicted octanol–water partition coefficient (Wildman–Crippen LogP) is 4.64. The Morgan fingerprint density at radius 3 is 2.75 bits per heavy atom. The number of rotatable bonds is 8. The molecule has 2 aliphatic rings. The number of carbonyl (C=O) groups is 1. The van der Waals surface area contributed by atoms with Crippen molar-refractivity contribution in [1.29, 1.82) is 0 Å². The monoisotopic (exact) mass is 490 g/mol. The minimum Gasteiger partial charge on any atom is -0.508 e. The van der Waals surface area contributed by atoms with E-state index in [1.54, 1.807) is 37.5 Å². The molecular formula is C30H38N2O4. The van der Waals surface area contributed by atoms with E-state index in [1.807, 2.05) is 37.3 Å². The van der Waals surface area contributed by atoms with E-state index in [-0.39, 0.29) is 28.7 Å². The number of ether oxygens (including phenoxy) is 2. The van der Waals surface area contributed by atoms with Crippen LogP contribution in [0.5, 0.6) is 11.5 Å². The van der Waals surface area contributed by atoms with Crippen molar-refractivity contribution in [1.82, 2.24) is 9.80 Å². The van der Waals surface area contributed by atoms with Crippen LogP contribution in [0.3, 0.4) is 0 Å². The zero-order valence-corrected chi connectivity index (χ0v) is 21.7. The van der Waals surface area contributed by atoms with Crippen molar-refractivity contribution < 1.29 is 19.4 Å². The first kappa shape index (κ1) is 26.0. The minimum absolute atomic E-state index is 0.0434. The van der Waals surface area contributed by atoms with Crippen LogP contribution >= 0.6 is 0 Å². The van der Waals surface area contributed by atoms with E-state index in [2.05, 4.69) is 29.7 Å². The molecule has 6 heteroatoms. The fraction of sp³-hybridized carbons (Fsp3) is 0.433. The van der Waals surface area contributed by atoms with Gasteiger partial charge in [-0.05, 0) is 73.7 Å². The van der Waals surface area contributed by atoms with Gasteiger partial charge in [0.05, 0.1) is 12.7 Å². The number of fused-ring (bicyclic) bond motifs is 1. The van der Waals surface area contributed by atoms with E-state index in [0.717, 1.165) is 56.6 Å². The third kappa shape index (κ3) is 4.93. The first-order chi connectivity index (χ1) is 17.4. The van der Waals surface area contributed by atoms with Gasteiger partial charge < -0.3 is 19.5 Å². The summed E-state index contributed by atoms with van der Waals surface area (Å²) in [5, 5.41) is 9.72. The first-order valence-corrected chi connectivity index (χ1v) is 12.6. The molecule has 4 rings (SSSR count). The summed E-state index contributed by atoms with van der Waals surface area (Å²) >= 11 is 0. The average molecular weight is 491 g/mol. The molecule has 1 heterocycles. The van der Waals surface area contributed by atoms with Gasteiger partial charge in [-0.25, -0.2) is 0 Å². The van der Waals surface area contributed by atoms with E-state index in [4.69, 9.17) is 9.47 Å². The smallest absolute Gasteiger partial charge is 0.246 e. The van der Waals surface area contributed by atoms with Crippen LogP contribution in [0.2, 0.25) is 0 Å². The summed E-state index contributed by atoms with van der Waals surface area (Å²) in [6.45, 7) is 6.54. The molecule has 0 bridgehead atoms. The fourth-order valence-electron chi connectivity index (χ4n) is 6.25. The van der Waals surface area contributed by atoms with Gasteiger partial charge in [0.25, 0.3) is 0 Å². The Labute approximate surface area is 214 Å². The van der Waals surface area contributed by atoms with Crippen LogP contribution in [0.1, 0.15) is 36.8 Å². The minimum atomic E-state index is -0.363. The predicted molar refractivity (Wildman–Crippen MR) is 143 cm³/mol. The lowest BCUT2D eigenvalue weighted by molar-refractivity contribution is -0.157. The third-order valence-corrected chi connectivity index (χ3v) is 8.26. The van der Waals surface area contributed by atoms with Crippen LogP contribution in [0, 0.1) is 0 Å². The number of likely N-dealkylation sites (N-methyl/N-ethyl adjacent to an activating group) is 1. The summed E-state index contributed by atoms with van der Waals surface area (Å²) in [6, 6.07) is 15.3. The van der Waals surface area contributed by atoms with Gasteiger partial charge in [-0.3, -0.25) is 9.69 Å². The zero-order valence-electron chi connectivity index (χ0n) is 21.7. The second-order valence-corrected chi connectivity index (χ2v) is 10.1. The number of hydrogen-bond donors (Lipinski definition) is 1. The van der Waals surface area contributed by atoms with E-state index >= 15 is 0 Å². The number of amides is 1. The van der Waals surface area contributed by atoms with Crippen molar-refractivity contribution in [3.05, 3.63) is 78.4 Å². The van der Waals surface area contributed by atoms with Crippen molar-refractivity contribution in [2.45, 2.75) is 42.7 Å². The van der Waals surface area contributed by atoms with Crippen molar-refractivity contribution in [2.75, 3.05) is 40.9 Å². The van der Waals surface area contributed by atoms with Gasteiger partial charge >= 0.3 is 0 Å². The highest BCUT2D eigenvalue weighted by Gasteiger charge is 2.59. The lowest BCUT2D eigenvalue weighted by Gasteiger charge is -2.60. The second kappa shape index (κ2) is 10.9. The van der Waals surface area contributed by atoms with Crippen LogP contribution in [0.25, 0.3) is 6.08 Å². The van der Waals surface area contributed by atoms with Crippen molar-refractivity contribution in [2.24, 2.45) is 0 Å². The Hall–Kier alpha value is -3.09. The number of likely N-dealkylation sites (tertiary alicyclic amines) is 1. The Kier molecular flexibility index (Phi) is 7.86. The van der Waals surface area contributed by atoms with Crippen molar-refractivity contribution in [3.8, 4) is 11.5 Å². The van der Waals surface area contributed by atoms with Crippen LogP contribution in [0.15, 0.2) is 67.3 Å². The fourth-order valence-corrected chi connectivity index (χ4v) is 6.25. The largest absolute Gasteiger partial charge is 0.508 e. The van der Waals surface area contributed by atoms with Gasteiger partial charge in [0.2, 0.25) is 5.91 Å². The normalized spacial score (nSPS) is 26.4. The van der Waals surface area contributed by atoms with Gasteiger partial charge in [0, 0.05) is 44.8 Å². The summed E-state index contributed by atoms with van der Waals surface area (Å²) in [6.07, 6.45) is 8.78. The molecule has 36 heavy (non-hydrogen) atoms. The SMILES string of the molecule is C=CCN1CC[C@@]2(c3cccc(OC)c3)C[C@H](N(C)C(=O)C=Cc3cccc(O)c3)CC[C@]2(OC)C1. The van der Waals surface area contributed by atoms with E-state index in [9.17, 15) is 9.90 Å². The molecule has 2 aromatic rings. The summed E-state index contributed by atoms with van der Waals surface area (Å²) in [5.41, 5.74) is 1.39. The van der Waals surface area contributed by atoms with Gasteiger partial charge in [-0.15, -0.1) is 6.58 Å². The summed E-state index contributed by atoms with van der Waals surface area (Å²) in [5.74, 6) is 0.975. The highest BCUT2D eigenvalue weighted by molar-refractivity contribution is 5.91. The topological polar surface area (TPSA) is 62.2 Å². The van der Waals surface area contributed by atoms with E-state index < -0.39 is 0 Å².